The van der Waals surface area contributed by atoms with Crippen molar-refractivity contribution in [3.63, 3.8) is 0 Å². The van der Waals surface area contributed by atoms with E-state index in [0.717, 1.165) is 25.1 Å². The highest BCUT2D eigenvalue weighted by Gasteiger charge is 2.03. The summed E-state index contributed by atoms with van der Waals surface area (Å²) in [6.45, 7) is 3.54. The van der Waals surface area contributed by atoms with Crippen LogP contribution in [-0.4, -0.2) is 32.4 Å². The molecule has 90 valence electrons. The molecule has 0 spiro atoms. The number of methoxy groups -OCH3 is 1. The van der Waals surface area contributed by atoms with Crippen LogP contribution in [0.4, 0.5) is 5.69 Å². The van der Waals surface area contributed by atoms with Crippen LogP contribution in [-0.2, 0) is 4.74 Å². The minimum Gasteiger partial charge on any atom is -0.389 e. The van der Waals surface area contributed by atoms with Crippen molar-refractivity contribution in [2.45, 2.75) is 19.4 Å². The Labute approximate surface area is 97.7 Å². The number of rotatable bonds is 6. The molecule has 0 heterocycles. The minimum absolute atomic E-state index is 0.396. The molecule has 3 nitrogen and oxygen atoms in total. The van der Waals surface area contributed by atoms with Gasteiger partial charge in [-0.3, -0.25) is 0 Å². The van der Waals surface area contributed by atoms with Gasteiger partial charge in [0.2, 0.25) is 0 Å². The number of nitrogens with zero attached hydrogens (tertiary/aromatic N) is 1. The van der Waals surface area contributed by atoms with Crippen LogP contribution < -0.4 is 4.90 Å². The molecule has 0 saturated heterocycles. The van der Waals surface area contributed by atoms with Gasteiger partial charge in [-0.25, -0.2) is 0 Å². The van der Waals surface area contributed by atoms with Crippen LogP contribution in [0, 0.1) is 0 Å². The smallest absolute Gasteiger partial charge is 0.0761 e. The summed E-state index contributed by atoms with van der Waals surface area (Å²) in [5, 5.41) is 9.40. The van der Waals surface area contributed by atoms with Crippen LogP contribution in [0.1, 0.15) is 25.0 Å². The van der Waals surface area contributed by atoms with Gasteiger partial charge >= 0.3 is 0 Å². The van der Waals surface area contributed by atoms with E-state index in [1.54, 1.807) is 14.0 Å². The molecule has 0 bridgehead atoms. The van der Waals surface area contributed by atoms with E-state index in [1.165, 1.54) is 5.69 Å². The average molecular weight is 223 g/mol. The largest absolute Gasteiger partial charge is 0.389 e. The second-order valence-electron chi connectivity index (χ2n) is 4.04. The monoisotopic (exact) mass is 223 g/mol. The molecule has 1 unspecified atom stereocenters. The first-order chi connectivity index (χ1) is 7.65. The van der Waals surface area contributed by atoms with Gasteiger partial charge in [0.25, 0.3) is 0 Å². The van der Waals surface area contributed by atoms with Crippen molar-refractivity contribution in [2.24, 2.45) is 0 Å². The zero-order valence-electron chi connectivity index (χ0n) is 10.3. The predicted octanol–water partition coefficient (Wildman–Crippen LogP) is 2.21. The fraction of sp³-hybridized carbons (Fsp3) is 0.538. The summed E-state index contributed by atoms with van der Waals surface area (Å²) in [5.74, 6) is 0. The third-order valence-electron chi connectivity index (χ3n) is 2.66. The van der Waals surface area contributed by atoms with E-state index in [-0.39, 0.29) is 0 Å². The third-order valence-corrected chi connectivity index (χ3v) is 2.66. The number of ether oxygens (including phenoxy) is 1. The SMILES string of the molecule is COCCCN(C)c1ccc(C(C)O)cc1. The van der Waals surface area contributed by atoms with Crippen LogP contribution in [0.3, 0.4) is 0 Å². The molecule has 1 N–H and O–H groups in total. The minimum atomic E-state index is -0.396. The van der Waals surface area contributed by atoms with Gasteiger partial charge < -0.3 is 14.7 Å². The maximum Gasteiger partial charge on any atom is 0.0761 e. The summed E-state index contributed by atoms with van der Waals surface area (Å²) in [4.78, 5) is 2.19. The molecule has 3 heteroatoms. The van der Waals surface area contributed by atoms with Crippen molar-refractivity contribution in [1.82, 2.24) is 0 Å². The third kappa shape index (κ3) is 3.83. The Kier molecular flexibility index (Phi) is 5.29. The van der Waals surface area contributed by atoms with Gasteiger partial charge in [-0.2, -0.15) is 0 Å². The molecule has 1 aromatic rings. The van der Waals surface area contributed by atoms with Crippen LogP contribution in [0.15, 0.2) is 24.3 Å². The second-order valence-corrected chi connectivity index (χ2v) is 4.04. The van der Waals surface area contributed by atoms with Crippen molar-refractivity contribution in [3.05, 3.63) is 29.8 Å². The van der Waals surface area contributed by atoms with Crippen molar-refractivity contribution < 1.29 is 9.84 Å². The lowest BCUT2D eigenvalue weighted by molar-refractivity contribution is 0.196. The number of aliphatic hydroxyl groups excluding tert-OH is 1. The van der Waals surface area contributed by atoms with Crippen LogP contribution in [0.5, 0.6) is 0 Å². The molecule has 0 aromatic heterocycles. The molecule has 1 aromatic carbocycles. The van der Waals surface area contributed by atoms with Gasteiger partial charge in [-0.05, 0) is 31.0 Å². The fourth-order valence-electron chi connectivity index (χ4n) is 1.58. The van der Waals surface area contributed by atoms with E-state index in [1.807, 2.05) is 24.3 Å². The fourth-order valence-corrected chi connectivity index (χ4v) is 1.58. The van der Waals surface area contributed by atoms with E-state index in [4.69, 9.17) is 4.74 Å². The van der Waals surface area contributed by atoms with Crippen molar-refractivity contribution in [2.75, 3.05) is 32.2 Å². The van der Waals surface area contributed by atoms with Crippen LogP contribution in [0.25, 0.3) is 0 Å². The summed E-state index contributed by atoms with van der Waals surface area (Å²) >= 11 is 0. The Hall–Kier alpha value is -1.06. The Morgan fingerprint density at radius 1 is 1.31 bits per heavy atom. The van der Waals surface area contributed by atoms with Crippen molar-refractivity contribution >= 4 is 5.69 Å². The zero-order chi connectivity index (χ0) is 12.0. The van der Waals surface area contributed by atoms with E-state index < -0.39 is 6.10 Å². The molecule has 0 saturated carbocycles. The maximum atomic E-state index is 9.40. The Morgan fingerprint density at radius 3 is 2.44 bits per heavy atom. The standard InChI is InChI=1S/C13H21NO2/c1-11(15)12-5-7-13(8-6-12)14(2)9-4-10-16-3/h5-8,11,15H,4,9-10H2,1-3H3. The maximum absolute atomic E-state index is 9.40. The number of anilines is 1. The molecular formula is C13H21NO2. The molecule has 1 atom stereocenters. The average Bonchev–Trinajstić information content (AvgIpc) is 2.29. The quantitative estimate of drug-likeness (QED) is 0.751. The lowest BCUT2D eigenvalue weighted by Gasteiger charge is -2.19. The van der Waals surface area contributed by atoms with E-state index in [2.05, 4.69) is 11.9 Å². The predicted molar refractivity (Wildman–Crippen MR) is 66.8 cm³/mol. The molecule has 0 aliphatic heterocycles. The highest BCUT2D eigenvalue weighted by Crippen LogP contribution is 2.18. The molecular weight excluding hydrogens is 202 g/mol. The number of hydrogen-bond donors (Lipinski definition) is 1. The van der Waals surface area contributed by atoms with Crippen molar-refractivity contribution in [1.29, 1.82) is 0 Å². The number of aliphatic hydroxyl groups is 1. The van der Waals surface area contributed by atoms with Gasteiger partial charge in [0.05, 0.1) is 6.10 Å². The van der Waals surface area contributed by atoms with Gasteiger partial charge in [0.1, 0.15) is 0 Å². The second kappa shape index (κ2) is 6.51. The number of hydrogen-bond acceptors (Lipinski definition) is 3. The molecule has 0 fully saturated rings. The number of benzene rings is 1. The van der Waals surface area contributed by atoms with Gasteiger partial charge in [-0.1, -0.05) is 12.1 Å². The summed E-state index contributed by atoms with van der Waals surface area (Å²) in [7, 11) is 3.78. The first-order valence-corrected chi connectivity index (χ1v) is 5.63. The molecule has 0 amide bonds. The first kappa shape index (κ1) is 13.0. The van der Waals surface area contributed by atoms with Crippen molar-refractivity contribution in [3.8, 4) is 0 Å². The lowest BCUT2D eigenvalue weighted by atomic mass is 10.1. The van der Waals surface area contributed by atoms with E-state index >= 15 is 0 Å². The summed E-state index contributed by atoms with van der Waals surface area (Å²) in [6.07, 6.45) is 0.623. The van der Waals surface area contributed by atoms with Crippen LogP contribution in [0.2, 0.25) is 0 Å². The molecule has 0 radical (unpaired) electrons. The van der Waals surface area contributed by atoms with E-state index in [0.29, 0.717) is 0 Å². The molecule has 0 aliphatic carbocycles. The molecule has 16 heavy (non-hydrogen) atoms. The van der Waals surface area contributed by atoms with Crippen LogP contribution >= 0.6 is 0 Å². The Bertz CT molecular complexity index is 295. The van der Waals surface area contributed by atoms with E-state index in [9.17, 15) is 5.11 Å². The van der Waals surface area contributed by atoms with Gasteiger partial charge in [0, 0.05) is 33.0 Å². The molecule has 1 rings (SSSR count). The highest BCUT2D eigenvalue weighted by molar-refractivity contribution is 5.47. The lowest BCUT2D eigenvalue weighted by Crippen LogP contribution is -2.19. The highest BCUT2D eigenvalue weighted by atomic mass is 16.5. The Morgan fingerprint density at radius 2 is 1.94 bits per heavy atom. The molecule has 0 aliphatic rings. The summed E-state index contributed by atoms with van der Waals surface area (Å²) < 4.78 is 5.02. The summed E-state index contributed by atoms with van der Waals surface area (Å²) in [6, 6.07) is 8.00. The summed E-state index contributed by atoms with van der Waals surface area (Å²) in [5.41, 5.74) is 2.12. The van der Waals surface area contributed by atoms with Gasteiger partial charge in [-0.15, -0.1) is 0 Å². The first-order valence-electron chi connectivity index (χ1n) is 5.63. The topological polar surface area (TPSA) is 32.7 Å². The zero-order valence-corrected chi connectivity index (χ0v) is 10.3. The Balaban J connectivity index is 2.52. The van der Waals surface area contributed by atoms with Gasteiger partial charge in [0.15, 0.2) is 0 Å². The normalized spacial score (nSPS) is 12.5.